The van der Waals surface area contributed by atoms with Gasteiger partial charge in [-0.15, -0.1) is 16.4 Å². The molecule has 0 bridgehead atoms. The maximum Gasteiger partial charge on any atom is 0.157 e. The van der Waals surface area contributed by atoms with Crippen LogP contribution in [0.5, 0.6) is 0 Å². The minimum absolute atomic E-state index is 0.215. The van der Waals surface area contributed by atoms with Gasteiger partial charge < -0.3 is 5.73 Å². The first kappa shape index (κ1) is 14.6. The topological polar surface area (TPSA) is 43.1 Å². The standard InChI is InChI=1S/C12H20B5NO/c13-7-6(8(14)10(16)11(17)9(7)15)12(18)4-2-1-3-5(12)19/h1-4,13-18H2. The molecule has 19 heavy (non-hydrogen) atoms. The second-order valence-corrected chi connectivity index (χ2v) is 6.10. The minimum atomic E-state index is -0.754. The molecule has 2 N–H and O–H groups in total. The van der Waals surface area contributed by atoms with Crippen LogP contribution < -0.4 is 33.0 Å². The molecule has 1 aliphatic carbocycles. The van der Waals surface area contributed by atoms with Crippen LogP contribution in [-0.2, 0) is 10.3 Å². The first-order chi connectivity index (χ1) is 8.80. The molecule has 94 valence electrons. The minimum Gasteiger partial charge on any atom is -0.315 e. The van der Waals surface area contributed by atoms with E-state index in [1.165, 1.54) is 27.3 Å². The zero-order valence-electron chi connectivity index (χ0n) is 12.8. The Bertz CT molecular complexity index is 531. The molecule has 1 aliphatic rings. The van der Waals surface area contributed by atoms with Gasteiger partial charge in [-0.2, -0.15) is 0 Å². The molecule has 2 nitrogen and oxygen atoms in total. The van der Waals surface area contributed by atoms with E-state index in [1.807, 2.05) is 0 Å². The SMILES string of the molecule is Bc1c(B)c(B)c(C2(N)CCCCC2=O)c(B)c1B. The molecule has 0 amide bonds. The number of benzene rings is 1. The second-order valence-electron chi connectivity index (χ2n) is 6.10. The monoisotopic (exact) mass is 249 g/mol. The number of hydrogen-bond acceptors (Lipinski definition) is 2. The first-order valence-corrected chi connectivity index (χ1v) is 7.20. The Balaban J connectivity index is 2.72. The molecule has 1 unspecified atom stereocenters. The summed E-state index contributed by atoms with van der Waals surface area (Å²) in [4.78, 5) is 12.4. The van der Waals surface area contributed by atoms with Crippen molar-refractivity contribution in [3.05, 3.63) is 5.56 Å². The van der Waals surface area contributed by atoms with Crippen LogP contribution in [0.3, 0.4) is 0 Å². The molecule has 0 heterocycles. The Hall–Kier alpha value is -0.825. The van der Waals surface area contributed by atoms with Gasteiger partial charge in [0.05, 0.1) is 5.54 Å². The summed E-state index contributed by atoms with van der Waals surface area (Å²) in [7, 11) is 10.6. The number of hydrogen-bond donors (Lipinski definition) is 1. The fraction of sp³-hybridized carbons (Fsp3) is 0.417. The van der Waals surface area contributed by atoms with Crippen LogP contribution in [0.15, 0.2) is 0 Å². The summed E-state index contributed by atoms with van der Waals surface area (Å²) in [5.74, 6) is 0.215. The Morgan fingerprint density at radius 3 is 1.79 bits per heavy atom. The van der Waals surface area contributed by atoms with Gasteiger partial charge in [0, 0.05) is 6.42 Å². The van der Waals surface area contributed by atoms with Gasteiger partial charge in [-0.25, -0.2) is 0 Å². The molecule has 0 aliphatic heterocycles. The number of rotatable bonds is 1. The highest BCUT2D eigenvalue weighted by atomic mass is 16.1. The lowest BCUT2D eigenvalue weighted by atomic mass is 9.56. The summed E-state index contributed by atoms with van der Waals surface area (Å²) in [5.41, 5.74) is 13.2. The lowest BCUT2D eigenvalue weighted by Gasteiger charge is -2.37. The van der Waals surface area contributed by atoms with Crippen LogP contribution in [0.2, 0.25) is 0 Å². The fourth-order valence-electron chi connectivity index (χ4n) is 3.49. The highest BCUT2D eigenvalue weighted by molar-refractivity contribution is 6.67. The lowest BCUT2D eigenvalue weighted by Crippen LogP contribution is -2.63. The number of Topliss-reactive ketones (excluding diaryl/α,β-unsaturated/α-hetero) is 1. The highest BCUT2D eigenvalue weighted by Crippen LogP contribution is 2.29. The fourth-order valence-corrected chi connectivity index (χ4v) is 3.49. The molecule has 0 saturated heterocycles. The molecule has 1 fully saturated rings. The zero-order valence-corrected chi connectivity index (χ0v) is 12.8. The number of carbonyl (C=O) groups is 1. The Morgan fingerprint density at radius 2 is 1.32 bits per heavy atom. The third-order valence-electron chi connectivity index (χ3n) is 5.17. The highest BCUT2D eigenvalue weighted by Gasteiger charge is 2.39. The van der Waals surface area contributed by atoms with Crippen molar-refractivity contribution >= 4 is 72.3 Å². The Morgan fingerprint density at radius 1 is 0.842 bits per heavy atom. The van der Waals surface area contributed by atoms with Crippen LogP contribution >= 0.6 is 0 Å². The van der Waals surface area contributed by atoms with E-state index >= 15 is 0 Å². The quantitative estimate of drug-likeness (QED) is 0.502. The van der Waals surface area contributed by atoms with Crippen molar-refractivity contribution in [1.82, 2.24) is 0 Å². The van der Waals surface area contributed by atoms with E-state index in [1.54, 1.807) is 0 Å². The molecule has 1 atom stereocenters. The zero-order chi connectivity index (χ0) is 14.4. The van der Waals surface area contributed by atoms with Crippen molar-refractivity contribution in [3.63, 3.8) is 0 Å². The third-order valence-corrected chi connectivity index (χ3v) is 5.17. The van der Waals surface area contributed by atoms with E-state index in [0.29, 0.717) is 6.42 Å². The van der Waals surface area contributed by atoms with Gasteiger partial charge in [0.2, 0.25) is 0 Å². The van der Waals surface area contributed by atoms with Gasteiger partial charge in [0.25, 0.3) is 0 Å². The molecule has 0 radical (unpaired) electrons. The molecular formula is C12H20B5NO. The summed E-state index contributed by atoms with van der Waals surface area (Å²) in [6.07, 6.45) is 3.45. The average molecular weight is 248 g/mol. The number of nitrogens with two attached hydrogens (primary N) is 1. The first-order valence-electron chi connectivity index (χ1n) is 7.20. The van der Waals surface area contributed by atoms with E-state index in [2.05, 4.69) is 39.2 Å². The van der Waals surface area contributed by atoms with Gasteiger partial charge in [-0.1, -0.05) is 17.3 Å². The van der Waals surface area contributed by atoms with Gasteiger partial charge in [0.1, 0.15) is 39.2 Å². The Kier molecular flexibility index (Phi) is 3.79. The van der Waals surface area contributed by atoms with E-state index in [4.69, 9.17) is 5.73 Å². The van der Waals surface area contributed by atoms with Gasteiger partial charge in [-0.05, 0) is 18.4 Å². The second kappa shape index (κ2) is 4.93. The summed E-state index contributed by atoms with van der Waals surface area (Å²) in [5, 5.41) is 0. The van der Waals surface area contributed by atoms with E-state index in [-0.39, 0.29) is 5.78 Å². The number of ketones is 1. The van der Waals surface area contributed by atoms with E-state index in [9.17, 15) is 4.79 Å². The molecule has 0 spiro atoms. The summed E-state index contributed by atoms with van der Waals surface area (Å²) in [6.45, 7) is 0. The van der Waals surface area contributed by atoms with Crippen molar-refractivity contribution in [2.75, 3.05) is 0 Å². The summed E-state index contributed by atoms with van der Waals surface area (Å²) >= 11 is 0. The Labute approximate surface area is 120 Å². The van der Waals surface area contributed by atoms with Crippen LogP contribution in [0.1, 0.15) is 31.2 Å². The summed E-state index contributed by atoms with van der Waals surface area (Å²) < 4.78 is 0. The van der Waals surface area contributed by atoms with Crippen molar-refractivity contribution in [2.24, 2.45) is 5.73 Å². The number of carbonyl (C=O) groups excluding carboxylic acids is 1. The smallest absolute Gasteiger partial charge is 0.157 e. The lowest BCUT2D eigenvalue weighted by molar-refractivity contribution is -0.126. The summed E-state index contributed by atoms with van der Waals surface area (Å²) in [6, 6.07) is 0. The predicted molar refractivity (Wildman–Crippen MR) is 96.7 cm³/mol. The van der Waals surface area contributed by atoms with Crippen molar-refractivity contribution in [3.8, 4) is 0 Å². The maximum absolute atomic E-state index is 12.4. The molecule has 1 saturated carbocycles. The largest absolute Gasteiger partial charge is 0.315 e. The average Bonchev–Trinajstić information content (AvgIpc) is 2.38. The predicted octanol–water partition coefficient (Wildman–Crippen LogP) is -6.72. The normalized spacial score (nSPS) is 23.5. The van der Waals surface area contributed by atoms with Crippen molar-refractivity contribution in [1.29, 1.82) is 0 Å². The van der Waals surface area contributed by atoms with Crippen LogP contribution in [-0.4, -0.2) is 45.0 Å². The van der Waals surface area contributed by atoms with Crippen molar-refractivity contribution in [2.45, 2.75) is 31.2 Å². The molecule has 0 aromatic heterocycles. The molecule has 2 rings (SSSR count). The van der Waals surface area contributed by atoms with Crippen LogP contribution in [0.4, 0.5) is 0 Å². The third kappa shape index (κ3) is 2.12. The van der Waals surface area contributed by atoms with Gasteiger partial charge in [0.15, 0.2) is 5.78 Å². The van der Waals surface area contributed by atoms with Crippen LogP contribution in [0.25, 0.3) is 0 Å². The van der Waals surface area contributed by atoms with E-state index < -0.39 is 5.54 Å². The van der Waals surface area contributed by atoms with Gasteiger partial charge >= 0.3 is 0 Å². The molecule has 1 aromatic rings. The molecular weight excluding hydrogens is 228 g/mol. The maximum atomic E-state index is 12.4. The van der Waals surface area contributed by atoms with E-state index in [0.717, 1.165) is 24.8 Å². The molecule has 7 heteroatoms. The molecule has 1 aromatic carbocycles. The van der Waals surface area contributed by atoms with Gasteiger partial charge in [-0.3, -0.25) is 4.79 Å². The van der Waals surface area contributed by atoms with Crippen molar-refractivity contribution < 1.29 is 4.79 Å². The van der Waals surface area contributed by atoms with Crippen LogP contribution in [0, 0.1) is 0 Å².